The maximum Gasteiger partial charge on any atom is 0.126 e. The Morgan fingerprint density at radius 1 is 1.30 bits per heavy atom. The van der Waals surface area contributed by atoms with Crippen LogP contribution in [0.5, 0.6) is 0 Å². The van der Waals surface area contributed by atoms with E-state index in [4.69, 9.17) is 4.74 Å². The smallest absolute Gasteiger partial charge is 0.126 e. The van der Waals surface area contributed by atoms with Gasteiger partial charge in [-0.15, -0.1) is 0 Å². The summed E-state index contributed by atoms with van der Waals surface area (Å²) in [5, 5.41) is 0. The molecular weight excluding hydrogens is 291 g/mol. The highest BCUT2D eigenvalue weighted by molar-refractivity contribution is 5.23. The number of likely N-dealkylation sites (tertiary alicyclic amines) is 1. The molecule has 1 aromatic carbocycles. The summed E-state index contributed by atoms with van der Waals surface area (Å²) in [6.45, 7) is 5.22. The topological polar surface area (TPSA) is 25.4 Å². The van der Waals surface area contributed by atoms with Gasteiger partial charge < -0.3 is 4.74 Å². The fourth-order valence-electron chi connectivity index (χ4n) is 3.04. The third-order valence-electron chi connectivity index (χ3n) is 4.28. The summed E-state index contributed by atoms with van der Waals surface area (Å²) >= 11 is 0. The van der Waals surface area contributed by atoms with Crippen molar-refractivity contribution in [3.05, 3.63) is 65.2 Å². The van der Waals surface area contributed by atoms with Gasteiger partial charge in [0.15, 0.2) is 0 Å². The Hall–Kier alpha value is -1.78. The fourth-order valence-corrected chi connectivity index (χ4v) is 3.04. The SMILES string of the molecule is Cc1cc(CN2CCC[C@@H](OCc3ccccn3)C2)ccc1F. The van der Waals surface area contributed by atoms with Gasteiger partial charge in [0.05, 0.1) is 18.4 Å². The molecule has 1 fully saturated rings. The second kappa shape index (κ2) is 7.66. The molecule has 122 valence electrons. The van der Waals surface area contributed by atoms with Crippen LogP contribution in [0.3, 0.4) is 0 Å². The van der Waals surface area contributed by atoms with Crippen LogP contribution in [-0.2, 0) is 17.9 Å². The van der Waals surface area contributed by atoms with Gasteiger partial charge in [-0.3, -0.25) is 9.88 Å². The number of aryl methyl sites for hydroxylation is 1. The van der Waals surface area contributed by atoms with Crippen LogP contribution in [0.15, 0.2) is 42.6 Å². The highest BCUT2D eigenvalue weighted by atomic mass is 19.1. The van der Waals surface area contributed by atoms with Gasteiger partial charge >= 0.3 is 0 Å². The minimum Gasteiger partial charge on any atom is -0.371 e. The first kappa shape index (κ1) is 16.1. The van der Waals surface area contributed by atoms with Gasteiger partial charge in [0.1, 0.15) is 5.82 Å². The number of aromatic nitrogens is 1. The molecule has 2 heterocycles. The van der Waals surface area contributed by atoms with E-state index in [9.17, 15) is 4.39 Å². The Labute approximate surface area is 137 Å². The lowest BCUT2D eigenvalue weighted by molar-refractivity contribution is -0.0132. The standard InChI is InChI=1S/C19H23FN2O/c1-15-11-16(7-8-19(15)20)12-22-10-4-6-18(13-22)23-14-17-5-2-3-9-21-17/h2-3,5,7-9,11,18H,4,6,10,12-14H2,1H3/t18-/m1/s1. The van der Waals surface area contributed by atoms with Crippen molar-refractivity contribution in [2.45, 2.75) is 39.0 Å². The van der Waals surface area contributed by atoms with Gasteiger partial charge in [-0.25, -0.2) is 4.39 Å². The van der Waals surface area contributed by atoms with Crippen molar-refractivity contribution in [2.75, 3.05) is 13.1 Å². The molecule has 1 saturated heterocycles. The van der Waals surface area contributed by atoms with E-state index in [1.807, 2.05) is 37.3 Å². The number of nitrogens with zero attached hydrogens (tertiary/aromatic N) is 2. The van der Waals surface area contributed by atoms with Crippen LogP contribution < -0.4 is 0 Å². The number of ether oxygens (including phenoxy) is 1. The summed E-state index contributed by atoms with van der Waals surface area (Å²) in [4.78, 5) is 6.68. The molecule has 1 aromatic heterocycles. The zero-order valence-electron chi connectivity index (χ0n) is 13.5. The average molecular weight is 314 g/mol. The maximum absolute atomic E-state index is 13.4. The van der Waals surface area contributed by atoms with E-state index in [-0.39, 0.29) is 11.9 Å². The summed E-state index contributed by atoms with van der Waals surface area (Å²) in [6, 6.07) is 11.3. The molecule has 0 saturated carbocycles. The van der Waals surface area contributed by atoms with E-state index in [0.717, 1.165) is 43.7 Å². The van der Waals surface area contributed by atoms with Crippen molar-refractivity contribution in [1.29, 1.82) is 0 Å². The lowest BCUT2D eigenvalue weighted by Gasteiger charge is -2.32. The summed E-state index contributed by atoms with van der Waals surface area (Å²) in [6.07, 6.45) is 4.26. The van der Waals surface area contributed by atoms with Gasteiger partial charge in [-0.05, 0) is 55.6 Å². The Kier molecular flexibility index (Phi) is 5.36. The van der Waals surface area contributed by atoms with E-state index in [0.29, 0.717) is 12.2 Å². The van der Waals surface area contributed by atoms with Gasteiger partial charge in [0, 0.05) is 19.3 Å². The van der Waals surface area contributed by atoms with Crippen LogP contribution in [0, 0.1) is 12.7 Å². The Balaban J connectivity index is 1.52. The van der Waals surface area contributed by atoms with Crippen molar-refractivity contribution < 1.29 is 9.13 Å². The summed E-state index contributed by atoms with van der Waals surface area (Å²) in [5.74, 6) is -0.135. The number of hydrogen-bond acceptors (Lipinski definition) is 3. The molecular formula is C19H23FN2O. The molecule has 1 atom stereocenters. The van der Waals surface area contributed by atoms with Crippen molar-refractivity contribution in [3.63, 3.8) is 0 Å². The molecule has 0 aliphatic carbocycles. The molecule has 0 spiro atoms. The number of pyridine rings is 1. The quantitative estimate of drug-likeness (QED) is 0.841. The van der Waals surface area contributed by atoms with Gasteiger partial charge in [-0.2, -0.15) is 0 Å². The van der Waals surface area contributed by atoms with E-state index in [2.05, 4.69) is 9.88 Å². The van der Waals surface area contributed by atoms with E-state index in [1.165, 1.54) is 0 Å². The number of benzene rings is 1. The molecule has 2 aromatic rings. The Morgan fingerprint density at radius 2 is 2.22 bits per heavy atom. The van der Waals surface area contributed by atoms with Crippen LogP contribution in [0.4, 0.5) is 4.39 Å². The lowest BCUT2D eigenvalue weighted by Crippen LogP contribution is -2.39. The van der Waals surface area contributed by atoms with Crippen LogP contribution in [0.1, 0.15) is 29.7 Å². The van der Waals surface area contributed by atoms with E-state index in [1.54, 1.807) is 12.3 Å². The minimum atomic E-state index is -0.135. The number of rotatable bonds is 5. The first-order valence-electron chi connectivity index (χ1n) is 8.19. The zero-order valence-corrected chi connectivity index (χ0v) is 13.5. The second-order valence-corrected chi connectivity index (χ2v) is 6.21. The van der Waals surface area contributed by atoms with Crippen LogP contribution in [-0.4, -0.2) is 29.1 Å². The van der Waals surface area contributed by atoms with E-state index >= 15 is 0 Å². The molecule has 3 rings (SSSR count). The number of piperidine rings is 1. The highest BCUT2D eigenvalue weighted by Crippen LogP contribution is 2.18. The molecule has 0 radical (unpaired) electrons. The number of hydrogen-bond donors (Lipinski definition) is 0. The van der Waals surface area contributed by atoms with Crippen molar-refractivity contribution in [1.82, 2.24) is 9.88 Å². The molecule has 0 amide bonds. The minimum absolute atomic E-state index is 0.135. The molecule has 0 unspecified atom stereocenters. The largest absolute Gasteiger partial charge is 0.371 e. The first-order valence-corrected chi connectivity index (χ1v) is 8.19. The number of halogens is 1. The van der Waals surface area contributed by atoms with Gasteiger partial charge in [0.25, 0.3) is 0 Å². The summed E-state index contributed by atoms with van der Waals surface area (Å²) < 4.78 is 19.4. The molecule has 3 nitrogen and oxygen atoms in total. The van der Waals surface area contributed by atoms with Crippen molar-refractivity contribution in [3.8, 4) is 0 Å². The van der Waals surface area contributed by atoms with Crippen LogP contribution in [0.2, 0.25) is 0 Å². The maximum atomic E-state index is 13.4. The molecule has 0 bridgehead atoms. The van der Waals surface area contributed by atoms with Crippen LogP contribution >= 0.6 is 0 Å². The van der Waals surface area contributed by atoms with Crippen LogP contribution in [0.25, 0.3) is 0 Å². The normalized spacial score (nSPS) is 19.0. The molecule has 23 heavy (non-hydrogen) atoms. The molecule has 1 aliphatic rings. The van der Waals surface area contributed by atoms with Gasteiger partial charge in [0.2, 0.25) is 0 Å². The van der Waals surface area contributed by atoms with Crippen molar-refractivity contribution >= 4 is 0 Å². The fraction of sp³-hybridized carbons (Fsp3) is 0.421. The highest BCUT2D eigenvalue weighted by Gasteiger charge is 2.20. The summed E-state index contributed by atoms with van der Waals surface area (Å²) in [7, 11) is 0. The predicted octanol–water partition coefficient (Wildman–Crippen LogP) is 3.71. The third-order valence-corrected chi connectivity index (χ3v) is 4.28. The van der Waals surface area contributed by atoms with Gasteiger partial charge in [-0.1, -0.05) is 18.2 Å². The molecule has 4 heteroatoms. The molecule has 1 aliphatic heterocycles. The lowest BCUT2D eigenvalue weighted by atomic mass is 10.1. The second-order valence-electron chi connectivity index (χ2n) is 6.21. The predicted molar refractivity (Wildman–Crippen MR) is 88.5 cm³/mol. The Morgan fingerprint density at radius 3 is 3.00 bits per heavy atom. The Bertz CT molecular complexity index is 633. The monoisotopic (exact) mass is 314 g/mol. The molecule has 0 N–H and O–H groups in total. The van der Waals surface area contributed by atoms with E-state index < -0.39 is 0 Å². The zero-order chi connectivity index (χ0) is 16.1. The van der Waals surface area contributed by atoms with Crippen molar-refractivity contribution in [2.24, 2.45) is 0 Å². The first-order chi connectivity index (χ1) is 11.2. The third kappa shape index (κ3) is 4.60. The summed E-state index contributed by atoms with van der Waals surface area (Å²) in [5.41, 5.74) is 2.84. The average Bonchev–Trinajstić information content (AvgIpc) is 2.58.